The predicted molar refractivity (Wildman–Crippen MR) is 142 cm³/mol. The summed E-state index contributed by atoms with van der Waals surface area (Å²) in [4.78, 5) is 30.5. The number of methoxy groups -OCH3 is 1. The van der Waals surface area contributed by atoms with Crippen LogP contribution in [0.1, 0.15) is 80.3 Å². The highest BCUT2D eigenvalue weighted by atomic mass is 16.6. The van der Waals surface area contributed by atoms with Crippen LogP contribution >= 0.6 is 0 Å². The second kappa shape index (κ2) is 12.4. The number of cyclic esters (lactones) is 1. The van der Waals surface area contributed by atoms with Crippen LogP contribution in [0, 0.1) is 28.6 Å². The molecule has 0 saturated heterocycles. The Labute approximate surface area is 221 Å². The normalized spacial score (nSPS) is 33.0. The number of aromatic nitrogens is 1. The van der Waals surface area contributed by atoms with Gasteiger partial charge in [0, 0.05) is 11.8 Å². The number of oxazole rings is 1. The third-order valence-electron chi connectivity index (χ3n) is 8.11. The van der Waals surface area contributed by atoms with E-state index in [1.165, 1.54) is 13.4 Å². The summed E-state index contributed by atoms with van der Waals surface area (Å²) in [6.07, 6.45) is 5.64. The van der Waals surface area contributed by atoms with Crippen molar-refractivity contribution in [1.29, 1.82) is 0 Å². The van der Waals surface area contributed by atoms with Gasteiger partial charge in [-0.2, -0.15) is 4.98 Å². The van der Waals surface area contributed by atoms with Gasteiger partial charge in [-0.3, -0.25) is 9.59 Å². The number of hydrogen-bond acceptors (Lipinski definition) is 8. The lowest BCUT2D eigenvalue weighted by atomic mass is 9.72. The van der Waals surface area contributed by atoms with E-state index in [2.05, 4.69) is 31.8 Å². The monoisotopic (exact) mass is 519 g/mol. The first-order chi connectivity index (χ1) is 17.1. The number of esters is 1. The van der Waals surface area contributed by atoms with Crippen LogP contribution in [-0.2, 0) is 14.3 Å². The fourth-order valence-electron chi connectivity index (χ4n) is 4.60. The Morgan fingerprint density at radius 2 is 1.81 bits per heavy atom. The van der Waals surface area contributed by atoms with Gasteiger partial charge in [-0.1, -0.05) is 60.6 Å². The highest BCUT2D eigenvalue weighted by molar-refractivity contribution is 5.88. The minimum atomic E-state index is -1.26. The maximum Gasteiger partial charge on any atom is 0.393 e. The molecule has 0 saturated carbocycles. The SMILES string of the molecule is COc1nc(/C=C(\C)[C@@H]2CC(C)C(C)(C)C/C=C/[C@H](C)[C@H](O)[C@@H](C)C(=O)C(C)(C)[C@@H](O)CC(=O)O2)co1. The van der Waals surface area contributed by atoms with E-state index in [0.29, 0.717) is 12.1 Å². The molecule has 1 unspecified atom stereocenters. The summed E-state index contributed by atoms with van der Waals surface area (Å²) in [5.41, 5.74) is -0.0599. The van der Waals surface area contributed by atoms with Crippen molar-refractivity contribution in [1.82, 2.24) is 4.98 Å². The van der Waals surface area contributed by atoms with Gasteiger partial charge in [0.25, 0.3) is 0 Å². The van der Waals surface area contributed by atoms with E-state index in [0.717, 1.165) is 12.0 Å². The number of aliphatic hydroxyl groups excluding tert-OH is 2. The van der Waals surface area contributed by atoms with Crippen molar-refractivity contribution in [3.63, 3.8) is 0 Å². The molecular formula is C29H45NO7. The molecule has 0 spiro atoms. The van der Waals surface area contributed by atoms with E-state index in [9.17, 15) is 19.8 Å². The average molecular weight is 520 g/mol. The third kappa shape index (κ3) is 7.77. The van der Waals surface area contributed by atoms with E-state index in [1.807, 2.05) is 19.9 Å². The molecule has 37 heavy (non-hydrogen) atoms. The molecule has 208 valence electrons. The van der Waals surface area contributed by atoms with Gasteiger partial charge >= 0.3 is 12.0 Å². The minimum Gasteiger partial charge on any atom is -0.458 e. The smallest absolute Gasteiger partial charge is 0.393 e. The van der Waals surface area contributed by atoms with Crippen LogP contribution in [-0.4, -0.2) is 52.4 Å². The van der Waals surface area contributed by atoms with Crippen molar-refractivity contribution in [2.24, 2.45) is 28.6 Å². The van der Waals surface area contributed by atoms with Crippen LogP contribution in [0.25, 0.3) is 6.08 Å². The standard InChI is InChI=1S/C29H45NO7/c1-17-11-10-12-28(5,6)19(3)14-22(18(2)13-21-16-36-27(30-21)35-9)37-24(32)15-23(31)29(7,8)26(34)20(4)25(17)33/h10-11,13,16-17,19-20,22-23,25,31,33H,12,14-15H2,1-9H3/b11-10+,18-13+/t17-,19?,20+,22-,23-,25-/m0/s1. The molecule has 1 aliphatic rings. The number of hydrogen-bond donors (Lipinski definition) is 2. The molecule has 2 heterocycles. The fraction of sp³-hybridized carbons (Fsp3) is 0.690. The second-order valence-electron chi connectivity index (χ2n) is 11.8. The number of allylic oxidation sites excluding steroid dienone is 1. The van der Waals surface area contributed by atoms with Crippen molar-refractivity contribution in [3.8, 4) is 6.08 Å². The maximum absolute atomic E-state index is 13.2. The molecule has 0 radical (unpaired) electrons. The summed E-state index contributed by atoms with van der Waals surface area (Å²) in [5.74, 6) is -1.69. The summed E-state index contributed by atoms with van der Waals surface area (Å²) in [6.45, 7) is 15.1. The Balaban J connectivity index is 2.44. The molecular weight excluding hydrogens is 474 g/mol. The quantitative estimate of drug-likeness (QED) is 0.423. The second-order valence-corrected chi connectivity index (χ2v) is 11.8. The van der Waals surface area contributed by atoms with Gasteiger partial charge in [0.1, 0.15) is 23.8 Å². The van der Waals surface area contributed by atoms with Gasteiger partial charge in [0.05, 0.1) is 31.2 Å². The van der Waals surface area contributed by atoms with Gasteiger partial charge in [0.2, 0.25) is 0 Å². The zero-order valence-electron chi connectivity index (χ0n) is 23.8. The molecule has 8 heteroatoms. The van der Waals surface area contributed by atoms with Gasteiger partial charge < -0.3 is 24.1 Å². The number of carbonyl (C=O) groups excluding carboxylic acids is 2. The number of Topliss-reactive ketones (excluding diaryl/α,β-unsaturated/α-hetero) is 1. The van der Waals surface area contributed by atoms with E-state index in [-0.39, 0.29) is 35.5 Å². The van der Waals surface area contributed by atoms with Crippen molar-refractivity contribution in [2.45, 2.75) is 93.0 Å². The summed E-state index contributed by atoms with van der Waals surface area (Å²) < 4.78 is 16.2. The van der Waals surface area contributed by atoms with Crippen LogP contribution in [0.15, 0.2) is 28.4 Å². The molecule has 1 aromatic rings. The van der Waals surface area contributed by atoms with E-state index < -0.39 is 35.6 Å². The Morgan fingerprint density at radius 1 is 1.16 bits per heavy atom. The lowest BCUT2D eigenvalue weighted by Crippen LogP contribution is -2.45. The van der Waals surface area contributed by atoms with Crippen LogP contribution in [0.5, 0.6) is 6.08 Å². The van der Waals surface area contributed by atoms with Crippen molar-refractivity contribution in [2.75, 3.05) is 7.11 Å². The van der Waals surface area contributed by atoms with Crippen LogP contribution in [0.4, 0.5) is 0 Å². The molecule has 0 amide bonds. The lowest BCUT2D eigenvalue weighted by Gasteiger charge is -2.36. The Bertz CT molecular complexity index is 990. The molecule has 1 aliphatic heterocycles. The first kappa shape index (κ1) is 30.8. The maximum atomic E-state index is 13.2. The molecule has 0 bridgehead atoms. The molecule has 0 fully saturated rings. The number of rotatable bonds is 3. The van der Waals surface area contributed by atoms with Crippen LogP contribution in [0.2, 0.25) is 0 Å². The first-order valence-corrected chi connectivity index (χ1v) is 13.0. The lowest BCUT2D eigenvalue weighted by molar-refractivity contribution is -0.155. The number of nitrogens with zero attached hydrogens (tertiary/aromatic N) is 1. The Kier molecular flexibility index (Phi) is 10.3. The number of ether oxygens (including phenoxy) is 2. The topological polar surface area (TPSA) is 119 Å². The highest BCUT2D eigenvalue weighted by Crippen LogP contribution is 2.37. The molecule has 2 N–H and O–H groups in total. The number of carbonyl (C=O) groups is 2. The Morgan fingerprint density at radius 3 is 2.41 bits per heavy atom. The highest BCUT2D eigenvalue weighted by Gasteiger charge is 2.42. The fourth-order valence-corrected chi connectivity index (χ4v) is 4.60. The van der Waals surface area contributed by atoms with E-state index >= 15 is 0 Å². The molecule has 0 aromatic carbocycles. The van der Waals surface area contributed by atoms with Crippen LogP contribution in [0.3, 0.4) is 0 Å². The zero-order valence-corrected chi connectivity index (χ0v) is 23.8. The zero-order chi connectivity index (χ0) is 28.1. The minimum absolute atomic E-state index is 0.136. The summed E-state index contributed by atoms with van der Waals surface area (Å²) in [6, 6.07) is 0. The third-order valence-corrected chi connectivity index (χ3v) is 8.11. The van der Waals surface area contributed by atoms with Crippen LogP contribution < -0.4 is 4.74 Å². The molecule has 0 aliphatic carbocycles. The van der Waals surface area contributed by atoms with Crippen molar-refractivity contribution in [3.05, 3.63) is 29.7 Å². The molecule has 1 aromatic heterocycles. The van der Waals surface area contributed by atoms with Crippen molar-refractivity contribution < 1.29 is 33.7 Å². The summed E-state index contributed by atoms with van der Waals surface area (Å²) in [5, 5.41) is 21.8. The first-order valence-electron chi connectivity index (χ1n) is 13.0. The number of aliphatic hydroxyl groups is 2. The van der Waals surface area contributed by atoms with E-state index in [1.54, 1.807) is 26.8 Å². The molecule has 6 atom stereocenters. The van der Waals surface area contributed by atoms with E-state index in [4.69, 9.17) is 13.9 Å². The molecule has 8 nitrogen and oxygen atoms in total. The molecule has 2 rings (SSSR count). The average Bonchev–Trinajstić information content (AvgIpc) is 3.28. The van der Waals surface area contributed by atoms with Gasteiger partial charge in [0.15, 0.2) is 0 Å². The number of ketones is 1. The summed E-state index contributed by atoms with van der Waals surface area (Å²) >= 11 is 0. The van der Waals surface area contributed by atoms with Gasteiger partial charge in [-0.25, -0.2) is 0 Å². The summed E-state index contributed by atoms with van der Waals surface area (Å²) in [7, 11) is 1.47. The predicted octanol–water partition coefficient (Wildman–Crippen LogP) is 4.99. The van der Waals surface area contributed by atoms with Gasteiger partial charge in [-0.05, 0) is 42.7 Å². The Hall–Kier alpha value is -2.45. The van der Waals surface area contributed by atoms with Gasteiger partial charge in [-0.15, -0.1) is 0 Å². The largest absolute Gasteiger partial charge is 0.458 e. The van der Waals surface area contributed by atoms with Crippen molar-refractivity contribution >= 4 is 17.8 Å².